The second-order valence-corrected chi connectivity index (χ2v) is 8.49. The molecule has 0 bridgehead atoms. The highest BCUT2D eigenvalue weighted by Crippen LogP contribution is 2.29. The van der Waals surface area contributed by atoms with Crippen LogP contribution in [0.5, 0.6) is 5.75 Å². The summed E-state index contributed by atoms with van der Waals surface area (Å²) in [6.07, 6.45) is -0.892. The van der Waals surface area contributed by atoms with Crippen LogP contribution < -0.4 is 4.74 Å². The predicted molar refractivity (Wildman–Crippen MR) is 107 cm³/mol. The number of benzene rings is 1. The molecule has 0 saturated heterocycles. The molecule has 0 aliphatic carbocycles. The van der Waals surface area contributed by atoms with Crippen LogP contribution >= 0.6 is 0 Å². The van der Waals surface area contributed by atoms with Crippen LogP contribution in [-0.2, 0) is 16.0 Å². The maximum absolute atomic E-state index is 12.5. The largest absolute Gasteiger partial charge is 0.488 e. The first kappa shape index (κ1) is 22.4. The minimum atomic E-state index is -0.617. The van der Waals surface area contributed by atoms with E-state index in [1.807, 2.05) is 6.92 Å². The van der Waals surface area contributed by atoms with Crippen molar-refractivity contribution < 1.29 is 24.0 Å². The fourth-order valence-corrected chi connectivity index (χ4v) is 3.06. The van der Waals surface area contributed by atoms with Gasteiger partial charge in [0.15, 0.2) is 0 Å². The highest BCUT2D eigenvalue weighted by molar-refractivity contribution is 5.79. The maximum Gasteiger partial charge on any atom is 0.410 e. The lowest BCUT2D eigenvalue weighted by Gasteiger charge is -2.31. The molecule has 2 rings (SSSR count). The number of fused-ring (bicyclic) bond motifs is 1. The highest BCUT2D eigenvalue weighted by atomic mass is 16.6. The minimum Gasteiger partial charge on any atom is -0.488 e. The Balaban J connectivity index is 2.31. The molecule has 1 aliphatic heterocycles. The Labute approximate surface area is 170 Å². The van der Waals surface area contributed by atoms with Gasteiger partial charge < -0.3 is 19.3 Å². The first-order valence-electron chi connectivity index (χ1n) is 9.49. The van der Waals surface area contributed by atoms with Crippen LogP contribution in [0, 0.1) is 16.0 Å². The summed E-state index contributed by atoms with van der Waals surface area (Å²) in [4.78, 5) is 38.5. The number of carbonyl (C=O) groups excluding carboxylic acids is 2. The van der Waals surface area contributed by atoms with Crippen molar-refractivity contribution in [2.75, 3.05) is 27.2 Å². The van der Waals surface area contributed by atoms with Gasteiger partial charge in [0.05, 0.1) is 17.9 Å². The molecular weight excluding hydrogens is 378 g/mol. The molecule has 9 nitrogen and oxygen atoms in total. The number of nitro benzene ring substituents is 1. The number of amides is 2. The van der Waals surface area contributed by atoms with E-state index in [2.05, 4.69) is 0 Å². The molecule has 1 heterocycles. The number of carbonyl (C=O) groups is 2. The van der Waals surface area contributed by atoms with Gasteiger partial charge in [0, 0.05) is 44.3 Å². The number of non-ortho nitro benzene ring substituents is 1. The molecule has 1 aromatic carbocycles. The summed E-state index contributed by atoms with van der Waals surface area (Å²) >= 11 is 0. The van der Waals surface area contributed by atoms with Crippen molar-refractivity contribution in [3.05, 3.63) is 33.9 Å². The molecule has 0 radical (unpaired) electrons. The van der Waals surface area contributed by atoms with Crippen LogP contribution in [0.4, 0.5) is 10.5 Å². The Morgan fingerprint density at radius 3 is 2.66 bits per heavy atom. The van der Waals surface area contributed by atoms with Crippen molar-refractivity contribution in [3.8, 4) is 5.75 Å². The van der Waals surface area contributed by atoms with Crippen LogP contribution in [-0.4, -0.2) is 65.6 Å². The van der Waals surface area contributed by atoms with E-state index in [4.69, 9.17) is 9.47 Å². The van der Waals surface area contributed by atoms with E-state index in [0.717, 1.165) is 0 Å². The Kier molecular flexibility index (Phi) is 6.71. The summed E-state index contributed by atoms with van der Waals surface area (Å²) in [6, 6.07) is 4.23. The smallest absolute Gasteiger partial charge is 0.410 e. The predicted octanol–water partition coefficient (Wildman–Crippen LogP) is 2.86. The average molecular weight is 407 g/mol. The van der Waals surface area contributed by atoms with E-state index in [-0.39, 0.29) is 30.5 Å². The topological polar surface area (TPSA) is 102 Å². The van der Waals surface area contributed by atoms with Crippen LogP contribution in [0.25, 0.3) is 0 Å². The van der Waals surface area contributed by atoms with Crippen LogP contribution in [0.1, 0.15) is 33.3 Å². The summed E-state index contributed by atoms with van der Waals surface area (Å²) in [5, 5.41) is 11.1. The molecule has 29 heavy (non-hydrogen) atoms. The molecule has 1 aliphatic rings. The van der Waals surface area contributed by atoms with E-state index < -0.39 is 22.7 Å². The number of hydrogen-bond donors (Lipinski definition) is 0. The molecule has 1 aromatic rings. The lowest BCUT2D eigenvalue weighted by atomic mass is 10.0. The first-order chi connectivity index (χ1) is 13.4. The zero-order chi connectivity index (χ0) is 21.9. The van der Waals surface area contributed by atoms with Gasteiger partial charge in [-0.15, -0.1) is 0 Å². The third-order valence-electron chi connectivity index (χ3n) is 4.66. The van der Waals surface area contributed by atoms with Gasteiger partial charge >= 0.3 is 6.09 Å². The second kappa shape index (κ2) is 8.67. The Hall–Kier alpha value is -2.84. The number of likely N-dealkylation sites (N-methyl/N-ethyl adjacent to an activating group) is 2. The summed E-state index contributed by atoms with van der Waals surface area (Å²) in [5.41, 5.74) is -0.262. The lowest BCUT2D eigenvalue weighted by molar-refractivity contribution is -0.384. The van der Waals surface area contributed by atoms with Gasteiger partial charge in [-0.3, -0.25) is 14.9 Å². The molecule has 0 spiro atoms. The lowest BCUT2D eigenvalue weighted by Crippen LogP contribution is -2.45. The van der Waals surface area contributed by atoms with Gasteiger partial charge in [-0.1, -0.05) is 6.92 Å². The summed E-state index contributed by atoms with van der Waals surface area (Å²) in [5.74, 6) is 0.173. The van der Waals surface area contributed by atoms with E-state index in [1.165, 1.54) is 23.1 Å². The number of nitrogens with zero attached hydrogens (tertiary/aromatic N) is 3. The monoisotopic (exact) mass is 407 g/mol. The van der Waals surface area contributed by atoms with Crippen LogP contribution in [0.15, 0.2) is 18.2 Å². The highest BCUT2D eigenvalue weighted by Gasteiger charge is 2.30. The van der Waals surface area contributed by atoms with Gasteiger partial charge in [-0.2, -0.15) is 0 Å². The number of nitro groups is 1. The summed E-state index contributed by atoms with van der Waals surface area (Å²) in [7, 11) is 3.32. The van der Waals surface area contributed by atoms with Crippen molar-refractivity contribution in [1.29, 1.82) is 0 Å². The van der Waals surface area contributed by atoms with Gasteiger partial charge in [-0.25, -0.2) is 4.79 Å². The average Bonchev–Trinajstić information content (AvgIpc) is 2.63. The molecule has 0 fully saturated rings. The molecule has 0 N–H and O–H groups in total. The normalized spacial score (nSPS) is 19.9. The first-order valence-corrected chi connectivity index (χ1v) is 9.49. The van der Waals surface area contributed by atoms with Crippen LogP contribution in [0.2, 0.25) is 0 Å². The molecule has 0 aromatic heterocycles. The zero-order valence-corrected chi connectivity index (χ0v) is 17.8. The SMILES string of the molecule is C[C@@H]1CN(C)C(=O)Cc2cc([N+](=O)[O-])ccc2O[C@@H]1CN(C)C(=O)OC(C)(C)C. The molecular formula is C20H29N3O6. The zero-order valence-electron chi connectivity index (χ0n) is 17.8. The Morgan fingerprint density at radius 1 is 1.41 bits per heavy atom. The second-order valence-electron chi connectivity index (χ2n) is 8.49. The summed E-state index contributed by atoms with van der Waals surface area (Å²) < 4.78 is 11.6. The van der Waals surface area contributed by atoms with E-state index in [1.54, 1.807) is 39.8 Å². The van der Waals surface area contributed by atoms with Crippen molar-refractivity contribution in [2.45, 2.75) is 45.8 Å². The molecule has 9 heteroatoms. The Morgan fingerprint density at radius 2 is 2.07 bits per heavy atom. The van der Waals surface area contributed by atoms with Crippen LogP contribution in [0.3, 0.4) is 0 Å². The fourth-order valence-electron chi connectivity index (χ4n) is 3.06. The van der Waals surface area contributed by atoms with Gasteiger partial charge in [0.25, 0.3) is 5.69 Å². The van der Waals surface area contributed by atoms with E-state index in [0.29, 0.717) is 17.9 Å². The van der Waals surface area contributed by atoms with Gasteiger partial charge in [-0.05, 0) is 26.8 Å². The molecule has 0 saturated carbocycles. The van der Waals surface area contributed by atoms with E-state index >= 15 is 0 Å². The number of rotatable bonds is 3. The maximum atomic E-state index is 12.5. The number of ether oxygens (including phenoxy) is 2. The third-order valence-corrected chi connectivity index (χ3v) is 4.66. The van der Waals surface area contributed by atoms with Crippen molar-refractivity contribution in [2.24, 2.45) is 5.92 Å². The molecule has 2 atom stereocenters. The minimum absolute atomic E-state index is 0.00879. The third kappa shape index (κ3) is 6.07. The van der Waals surface area contributed by atoms with E-state index in [9.17, 15) is 19.7 Å². The van der Waals surface area contributed by atoms with Crippen molar-refractivity contribution in [3.63, 3.8) is 0 Å². The molecule has 0 unspecified atom stereocenters. The number of hydrogen-bond acceptors (Lipinski definition) is 6. The van der Waals surface area contributed by atoms with Crippen molar-refractivity contribution >= 4 is 17.7 Å². The molecule has 2 amide bonds. The Bertz CT molecular complexity index is 789. The fraction of sp³-hybridized carbons (Fsp3) is 0.600. The standard InChI is InChI=1S/C20H29N3O6/c1-13-11-21(5)18(24)10-14-9-15(23(26)27)7-8-16(14)28-17(13)12-22(6)19(25)29-20(2,3)4/h7-9,13,17H,10-12H2,1-6H3/t13-,17-/m1/s1. The van der Waals surface area contributed by atoms with Gasteiger partial charge in [0.1, 0.15) is 17.5 Å². The summed E-state index contributed by atoms with van der Waals surface area (Å²) in [6.45, 7) is 7.99. The van der Waals surface area contributed by atoms with Crippen molar-refractivity contribution in [1.82, 2.24) is 9.80 Å². The molecule has 160 valence electrons. The quantitative estimate of drug-likeness (QED) is 0.564. The van der Waals surface area contributed by atoms with Gasteiger partial charge in [0.2, 0.25) is 5.91 Å².